The first kappa shape index (κ1) is 16.3. The van der Waals surface area contributed by atoms with Crippen molar-refractivity contribution in [2.45, 2.75) is 18.7 Å². The SMILES string of the molecule is Cc1ccc(-c2nn(C)c(NC(=O)c3cccc(S)c3)c2C)cc1. The third-order valence-electron chi connectivity index (χ3n) is 3.95. The fraction of sp³-hybridized carbons (Fsp3) is 0.158. The summed E-state index contributed by atoms with van der Waals surface area (Å²) in [4.78, 5) is 13.2. The average Bonchev–Trinajstić information content (AvgIpc) is 2.84. The second-order valence-electron chi connectivity index (χ2n) is 5.82. The Morgan fingerprint density at radius 3 is 2.50 bits per heavy atom. The Kier molecular flexibility index (Phi) is 4.44. The second-order valence-corrected chi connectivity index (χ2v) is 6.33. The van der Waals surface area contributed by atoms with Crippen molar-refractivity contribution in [1.29, 1.82) is 0 Å². The quantitative estimate of drug-likeness (QED) is 0.702. The predicted octanol–water partition coefficient (Wildman–Crippen LogP) is 4.24. The van der Waals surface area contributed by atoms with Crippen molar-refractivity contribution in [3.05, 3.63) is 65.2 Å². The molecule has 0 unspecified atom stereocenters. The first-order valence-electron chi connectivity index (χ1n) is 7.66. The molecular formula is C19H19N3OS. The van der Waals surface area contributed by atoms with Gasteiger partial charge in [-0.25, -0.2) is 0 Å². The zero-order valence-corrected chi connectivity index (χ0v) is 14.8. The number of carbonyl (C=O) groups is 1. The number of aromatic nitrogens is 2. The van der Waals surface area contributed by atoms with Crippen molar-refractivity contribution in [2.24, 2.45) is 7.05 Å². The van der Waals surface area contributed by atoms with Gasteiger partial charge in [-0.15, -0.1) is 12.6 Å². The van der Waals surface area contributed by atoms with E-state index in [0.29, 0.717) is 11.4 Å². The van der Waals surface area contributed by atoms with Gasteiger partial charge in [-0.1, -0.05) is 35.9 Å². The number of carbonyl (C=O) groups excluding carboxylic acids is 1. The van der Waals surface area contributed by atoms with Gasteiger partial charge in [-0.05, 0) is 32.0 Å². The summed E-state index contributed by atoms with van der Waals surface area (Å²) in [7, 11) is 1.83. The molecule has 1 N–H and O–H groups in total. The van der Waals surface area contributed by atoms with Gasteiger partial charge in [-0.2, -0.15) is 5.10 Å². The van der Waals surface area contributed by atoms with Crippen LogP contribution in [0.2, 0.25) is 0 Å². The minimum absolute atomic E-state index is 0.174. The largest absolute Gasteiger partial charge is 0.307 e. The lowest BCUT2D eigenvalue weighted by Gasteiger charge is -2.07. The Morgan fingerprint density at radius 1 is 1.12 bits per heavy atom. The molecule has 0 saturated carbocycles. The highest BCUT2D eigenvalue weighted by Gasteiger charge is 2.16. The number of rotatable bonds is 3. The molecule has 122 valence electrons. The smallest absolute Gasteiger partial charge is 0.256 e. The van der Waals surface area contributed by atoms with E-state index in [0.717, 1.165) is 21.7 Å². The van der Waals surface area contributed by atoms with Crippen LogP contribution in [0.3, 0.4) is 0 Å². The number of anilines is 1. The predicted molar refractivity (Wildman–Crippen MR) is 99.8 cm³/mol. The highest BCUT2D eigenvalue weighted by molar-refractivity contribution is 7.80. The van der Waals surface area contributed by atoms with Crippen molar-refractivity contribution in [3.8, 4) is 11.3 Å². The molecule has 0 radical (unpaired) electrons. The molecule has 0 aliphatic carbocycles. The Morgan fingerprint density at radius 2 is 1.83 bits per heavy atom. The van der Waals surface area contributed by atoms with Gasteiger partial charge >= 0.3 is 0 Å². The van der Waals surface area contributed by atoms with Crippen LogP contribution in [0.4, 0.5) is 5.82 Å². The molecule has 0 aliphatic heterocycles. The van der Waals surface area contributed by atoms with E-state index in [-0.39, 0.29) is 5.91 Å². The summed E-state index contributed by atoms with van der Waals surface area (Å²) in [6, 6.07) is 15.4. The summed E-state index contributed by atoms with van der Waals surface area (Å²) in [5, 5.41) is 7.51. The highest BCUT2D eigenvalue weighted by atomic mass is 32.1. The highest BCUT2D eigenvalue weighted by Crippen LogP contribution is 2.28. The molecule has 0 spiro atoms. The van der Waals surface area contributed by atoms with E-state index < -0.39 is 0 Å². The lowest BCUT2D eigenvalue weighted by molar-refractivity contribution is 0.102. The number of amides is 1. The summed E-state index contributed by atoms with van der Waals surface area (Å²) < 4.78 is 1.70. The molecule has 3 aromatic rings. The molecule has 24 heavy (non-hydrogen) atoms. The zero-order valence-electron chi connectivity index (χ0n) is 13.9. The van der Waals surface area contributed by atoms with Gasteiger partial charge < -0.3 is 5.32 Å². The Bertz CT molecular complexity index is 897. The monoisotopic (exact) mass is 337 g/mol. The number of hydrogen-bond acceptors (Lipinski definition) is 3. The summed E-state index contributed by atoms with van der Waals surface area (Å²) in [5.41, 5.74) is 4.62. The first-order valence-corrected chi connectivity index (χ1v) is 8.11. The minimum Gasteiger partial charge on any atom is -0.307 e. The van der Waals surface area contributed by atoms with E-state index >= 15 is 0 Å². The molecule has 1 heterocycles. The molecule has 1 aromatic heterocycles. The van der Waals surface area contributed by atoms with Gasteiger partial charge in [0.25, 0.3) is 5.91 Å². The third-order valence-corrected chi connectivity index (χ3v) is 4.23. The maximum absolute atomic E-state index is 12.5. The van der Waals surface area contributed by atoms with Crippen LogP contribution >= 0.6 is 12.6 Å². The number of benzene rings is 2. The molecule has 1 amide bonds. The van der Waals surface area contributed by atoms with E-state index in [4.69, 9.17) is 0 Å². The van der Waals surface area contributed by atoms with E-state index in [9.17, 15) is 4.79 Å². The van der Waals surface area contributed by atoms with Crippen molar-refractivity contribution in [1.82, 2.24) is 9.78 Å². The topological polar surface area (TPSA) is 46.9 Å². The van der Waals surface area contributed by atoms with Crippen LogP contribution in [0.5, 0.6) is 0 Å². The van der Waals surface area contributed by atoms with Gasteiger partial charge in [0.15, 0.2) is 0 Å². The lowest BCUT2D eigenvalue weighted by Crippen LogP contribution is -2.15. The Hall–Kier alpha value is -2.53. The Labute approximate surface area is 146 Å². The molecule has 0 bridgehead atoms. The molecule has 3 rings (SSSR count). The Balaban J connectivity index is 1.92. The van der Waals surface area contributed by atoms with E-state index in [2.05, 4.69) is 42.1 Å². The molecule has 0 atom stereocenters. The average molecular weight is 337 g/mol. The van der Waals surface area contributed by atoms with E-state index in [1.807, 2.05) is 38.2 Å². The molecule has 4 nitrogen and oxygen atoms in total. The number of nitrogens with zero attached hydrogens (tertiary/aromatic N) is 2. The van der Waals surface area contributed by atoms with Gasteiger partial charge in [0.05, 0.1) is 5.69 Å². The lowest BCUT2D eigenvalue weighted by atomic mass is 10.1. The second kappa shape index (κ2) is 6.53. The van der Waals surface area contributed by atoms with Crippen LogP contribution in [0.15, 0.2) is 53.4 Å². The molecule has 5 heteroatoms. The first-order chi connectivity index (χ1) is 11.5. The van der Waals surface area contributed by atoms with Crippen LogP contribution in [0.1, 0.15) is 21.5 Å². The molecule has 0 fully saturated rings. The van der Waals surface area contributed by atoms with Crippen molar-refractivity contribution in [2.75, 3.05) is 5.32 Å². The van der Waals surface area contributed by atoms with E-state index in [1.165, 1.54) is 5.56 Å². The zero-order chi connectivity index (χ0) is 17.3. The molecular weight excluding hydrogens is 318 g/mol. The van der Waals surface area contributed by atoms with Crippen LogP contribution in [0.25, 0.3) is 11.3 Å². The number of nitrogens with one attached hydrogen (secondary N) is 1. The summed E-state index contributed by atoms with van der Waals surface area (Å²) >= 11 is 4.28. The van der Waals surface area contributed by atoms with Crippen LogP contribution < -0.4 is 5.32 Å². The van der Waals surface area contributed by atoms with Crippen molar-refractivity contribution < 1.29 is 4.79 Å². The van der Waals surface area contributed by atoms with Gasteiger partial charge in [0, 0.05) is 28.6 Å². The normalized spacial score (nSPS) is 10.7. The minimum atomic E-state index is -0.174. The number of thiol groups is 1. The molecule has 2 aromatic carbocycles. The van der Waals surface area contributed by atoms with Crippen LogP contribution in [-0.2, 0) is 7.05 Å². The summed E-state index contributed by atoms with van der Waals surface area (Å²) in [5.74, 6) is 0.521. The fourth-order valence-corrected chi connectivity index (χ4v) is 2.84. The molecule has 0 saturated heterocycles. The standard InChI is InChI=1S/C19H19N3OS/c1-12-7-9-14(10-8-12)17-13(2)18(22(3)21-17)20-19(23)15-5-4-6-16(24)11-15/h4-11,24H,1-3H3,(H,20,23). The maximum atomic E-state index is 12.5. The fourth-order valence-electron chi connectivity index (χ4n) is 2.62. The van der Waals surface area contributed by atoms with Gasteiger partial charge in [0.1, 0.15) is 5.82 Å². The number of aryl methyl sites for hydroxylation is 2. The van der Waals surface area contributed by atoms with Crippen molar-refractivity contribution >= 4 is 24.4 Å². The van der Waals surface area contributed by atoms with Crippen LogP contribution in [0, 0.1) is 13.8 Å². The maximum Gasteiger partial charge on any atom is 0.256 e. The van der Waals surface area contributed by atoms with Crippen molar-refractivity contribution in [3.63, 3.8) is 0 Å². The number of hydrogen-bond donors (Lipinski definition) is 2. The molecule has 0 aliphatic rings. The van der Waals surface area contributed by atoms with Gasteiger partial charge in [0.2, 0.25) is 0 Å². The van der Waals surface area contributed by atoms with Crippen LogP contribution in [-0.4, -0.2) is 15.7 Å². The summed E-state index contributed by atoms with van der Waals surface area (Å²) in [6.45, 7) is 4.02. The van der Waals surface area contributed by atoms with Gasteiger partial charge in [-0.3, -0.25) is 9.48 Å². The summed E-state index contributed by atoms with van der Waals surface area (Å²) in [6.07, 6.45) is 0. The third kappa shape index (κ3) is 3.21. The van der Waals surface area contributed by atoms with E-state index in [1.54, 1.807) is 16.8 Å².